The van der Waals surface area contributed by atoms with Crippen LogP contribution >= 0.6 is 0 Å². The van der Waals surface area contributed by atoms with Gasteiger partial charge in [0.2, 0.25) is 0 Å². The molecule has 0 aliphatic carbocycles. The summed E-state index contributed by atoms with van der Waals surface area (Å²) < 4.78 is 0. The van der Waals surface area contributed by atoms with Crippen LogP contribution in [0.1, 0.15) is 42.1 Å². The minimum absolute atomic E-state index is 0.527. The van der Waals surface area contributed by atoms with E-state index in [0.717, 1.165) is 35.5 Å². The molecule has 2 aromatic heterocycles. The Labute approximate surface area is 125 Å². The number of hydrogen-bond acceptors (Lipinski definition) is 5. The SMILES string of the molecule is CCc1nnc(NCc2cccc(C)n2)c(C#N)c1CC. The predicted molar refractivity (Wildman–Crippen MR) is 81.8 cm³/mol. The lowest BCUT2D eigenvalue weighted by Crippen LogP contribution is -2.10. The van der Waals surface area contributed by atoms with Gasteiger partial charge < -0.3 is 5.32 Å². The van der Waals surface area contributed by atoms with Crippen LogP contribution in [-0.4, -0.2) is 15.2 Å². The van der Waals surface area contributed by atoms with Crippen LogP contribution in [0.25, 0.3) is 0 Å². The van der Waals surface area contributed by atoms with Gasteiger partial charge in [-0.1, -0.05) is 19.9 Å². The van der Waals surface area contributed by atoms with Gasteiger partial charge in [0.05, 0.1) is 17.9 Å². The highest BCUT2D eigenvalue weighted by Crippen LogP contribution is 2.20. The Bertz CT molecular complexity index is 673. The summed E-state index contributed by atoms with van der Waals surface area (Å²) in [6.45, 7) is 6.53. The second-order valence-electron chi connectivity index (χ2n) is 4.79. The van der Waals surface area contributed by atoms with Gasteiger partial charge in [-0.3, -0.25) is 4.98 Å². The van der Waals surface area contributed by atoms with Gasteiger partial charge in [-0.15, -0.1) is 5.10 Å². The average molecular weight is 281 g/mol. The maximum atomic E-state index is 9.42. The molecular formula is C16H19N5. The molecule has 0 saturated carbocycles. The number of rotatable bonds is 5. The number of anilines is 1. The molecular weight excluding hydrogens is 262 g/mol. The Kier molecular flexibility index (Phi) is 4.83. The third kappa shape index (κ3) is 3.34. The zero-order valence-corrected chi connectivity index (χ0v) is 12.6. The average Bonchev–Trinajstić information content (AvgIpc) is 2.51. The highest BCUT2D eigenvalue weighted by molar-refractivity contribution is 5.56. The van der Waals surface area contributed by atoms with Gasteiger partial charge in [0.25, 0.3) is 0 Å². The molecule has 0 atom stereocenters. The van der Waals surface area contributed by atoms with Crippen LogP contribution in [0.15, 0.2) is 18.2 Å². The first-order chi connectivity index (χ1) is 10.2. The molecule has 0 unspecified atom stereocenters. The van der Waals surface area contributed by atoms with Crippen molar-refractivity contribution in [3.63, 3.8) is 0 Å². The van der Waals surface area contributed by atoms with Crippen molar-refractivity contribution in [2.75, 3.05) is 5.32 Å². The van der Waals surface area contributed by atoms with Gasteiger partial charge in [-0.2, -0.15) is 10.4 Å². The fourth-order valence-electron chi connectivity index (χ4n) is 2.29. The molecule has 0 aliphatic rings. The summed E-state index contributed by atoms with van der Waals surface area (Å²) in [7, 11) is 0. The summed E-state index contributed by atoms with van der Waals surface area (Å²) in [6, 6.07) is 8.12. The summed E-state index contributed by atoms with van der Waals surface area (Å²) in [6.07, 6.45) is 1.56. The minimum atomic E-state index is 0.527. The fraction of sp³-hybridized carbons (Fsp3) is 0.375. The van der Waals surface area contributed by atoms with Gasteiger partial charge in [-0.05, 0) is 37.5 Å². The number of nitrogens with zero attached hydrogens (tertiary/aromatic N) is 4. The van der Waals surface area contributed by atoms with Crippen LogP contribution in [0.3, 0.4) is 0 Å². The highest BCUT2D eigenvalue weighted by atomic mass is 15.2. The molecule has 0 aromatic carbocycles. The van der Waals surface area contributed by atoms with Crippen molar-refractivity contribution in [3.05, 3.63) is 46.4 Å². The molecule has 5 heteroatoms. The van der Waals surface area contributed by atoms with E-state index in [9.17, 15) is 5.26 Å². The second-order valence-corrected chi connectivity index (χ2v) is 4.79. The smallest absolute Gasteiger partial charge is 0.167 e. The first kappa shape index (κ1) is 14.9. The zero-order chi connectivity index (χ0) is 15.2. The highest BCUT2D eigenvalue weighted by Gasteiger charge is 2.14. The Morgan fingerprint density at radius 3 is 2.62 bits per heavy atom. The van der Waals surface area contributed by atoms with E-state index < -0.39 is 0 Å². The Balaban J connectivity index is 2.26. The van der Waals surface area contributed by atoms with Gasteiger partial charge in [0, 0.05) is 5.69 Å². The van der Waals surface area contributed by atoms with Crippen LogP contribution < -0.4 is 5.32 Å². The molecule has 2 aromatic rings. The molecule has 5 nitrogen and oxygen atoms in total. The zero-order valence-electron chi connectivity index (χ0n) is 12.6. The summed E-state index contributed by atoms with van der Waals surface area (Å²) >= 11 is 0. The van der Waals surface area contributed by atoms with Crippen molar-refractivity contribution in [2.45, 2.75) is 40.2 Å². The third-order valence-corrected chi connectivity index (χ3v) is 3.34. The summed E-state index contributed by atoms with van der Waals surface area (Å²) in [4.78, 5) is 4.43. The van der Waals surface area contributed by atoms with Crippen LogP contribution in [0, 0.1) is 18.3 Å². The summed E-state index contributed by atoms with van der Waals surface area (Å²) in [5.41, 5.74) is 4.36. The molecule has 0 fully saturated rings. The number of nitrogens with one attached hydrogen (secondary N) is 1. The van der Waals surface area contributed by atoms with Crippen molar-refractivity contribution >= 4 is 5.82 Å². The van der Waals surface area contributed by atoms with E-state index in [1.807, 2.05) is 39.0 Å². The lowest BCUT2D eigenvalue weighted by molar-refractivity contribution is 0.866. The molecule has 0 spiro atoms. The minimum Gasteiger partial charge on any atom is -0.362 e. The first-order valence-corrected chi connectivity index (χ1v) is 7.14. The van der Waals surface area contributed by atoms with Crippen LogP contribution in [0.5, 0.6) is 0 Å². The van der Waals surface area contributed by atoms with Gasteiger partial charge >= 0.3 is 0 Å². The fourth-order valence-corrected chi connectivity index (χ4v) is 2.29. The van der Waals surface area contributed by atoms with Gasteiger partial charge in [-0.25, -0.2) is 0 Å². The molecule has 1 N–H and O–H groups in total. The van der Waals surface area contributed by atoms with Crippen molar-refractivity contribution < 1.29 is 0 Å². The molecule has 2 heterocycles. The van der Waals surface area contributed by atoms with Crippen LogP contribution in [-0.2, 0) is 19.4 Å². The monoisotopic (exact) mass is 281 g/mol. The Morgan fingerprint density at radius 2 is 2.00 bits per heavy atom. The Morgan fingerprint density at radius 1 is 1.19 bits per heavy atom. The molecule has 21 heavy (non-hydrogen) atoms. The van der Waals surface area contributed by atoms with E-state index in [2.05, 4.69) is 26.6 Å². The normalized spacial score (nSPS) is 10.2. The number of nitriles is 1. The quantitative estimate of drug-likeness (QED) is 0.912. The molecule has 0 saturated heterocycles. The molecule has 0 radical (unpaired) electrons. The maximum absolute atomic E-state index is 9.42. The standard InChI is InChI=1S/C16H19N5/c1-4-13-14(9-17)16(21-20-15(13)5-2)18-10-12-8-6-7-11(3)19-12/h6-8H,4-5,10H2,1-3H3,(H,18,21). The van der Waals surface area contributed by atoms with E-state index >= 15 is 0 Å². The van der Waals surface area contributed by atoms with Crippen molar-refractivity contribution in [1.29, 1.82) is 5.26 Å². The lowest BCUT2D eigenvalue weighted by Gasteiger charge is -2.11. The first-order valence-electron chi connectivity index (χ1n) is 7.14. The summed E-state index contributed by atoms with van der Waals surface area (Å²) in [5, 5.41) is 21.0. The molecule has 2 rings (SSSR count). The number of aryl methyl sites for hydroxylation is 2. The molecule has 0 bridgehead atoms. The molecule has 0 amide bonds. The van der Waals surface area contributed by atoms with Crippen molar-refractivity contribution in [1.82, 2.24) is 15.2 Å². The lowest BCUT2D eigenvalue weighted by atomic mass is 10.0. The van der Waals surface area contributed by atoms with Gasteiger partial charge in [0.1, 0.15) is 11.6 Å². The maximum Gasteiger partial charge on any atom is 0.167 e. The third-order valence-electron chi connectivity index (χ3n) is 3.34. The summed E-state index contributed by atoms with van der Waals surface area (Å²) in [5.74, 6) is 0.537. The number of hydrogen-bond donors (Lipinski definition) is 1. The largest absolute Gasteiger partial charge is 0.362 e. The Hall–Kier alpha value is -2.48. The van der Waals surface area contributed by atoms with E-state index in [4.69, 9.17) is 0 Å². The van der Waals surface area contributed by atoms with E-state index in [-0.39, 0.29) is 0 Å². The number of pyridine rings is 1. The molecule has 108 valence electrons. The van der Waals surface area contributed by atoms with Crippen molar-refractivity contribution in [2.24, 2.45) is 0 Å². The van der Waals surface area contributed by atoms with Gasteiger partial charge in [0.15, 0.2) is 5.82 Å². The van der Waals surface area contributed by atoms with Crippen molar-refractivity contribution in [3.8, 4) is 6.07 Å². The van der Waals surface area contributed by atoms with E-state index in [0.29, 0.717) is 17.9 Å². The number of aromatic nitrogens is 3. The van der Waals surface area contributed by atoms with E-state index in [1.54, 1.807) is 0 Å². The van der Waals surface area contributed by atoms with Crippen LogP contribution in [0.2, 0.25) is 0 Å². The topological polar surface area (TPSA) is 74.5 Å². The second kappa shape index (κ2) is 6.80. The van der Waals surface area contributed by atoms with E-state index in [1.165, 1.54) is 0 Å². The predicted octanol–water partition coefficient (Wildman–Crippen LogP) is 2.79. The molecule has 0 aliphatic heterocycles. The van der Waals surface area contributed by atoms with Crippen LogP contribution in [0.4, 0.5) is 5.82 Å².